The van der Waals surface area contributed by atoms with E-state index in [1.807, 2.05) is 0 Å². The van der Waals surface area contributed by atoms with Crippen LogP contribution in [0.3, 0.4) is 0 Å². The second-order valence-corrected chi connectivity index (χ2v) is 3.74. The van der Waals surface area contributed by atoms with Gasteiger partial charge in [-0.3, -0.25) is 10.1 Å². The zero-order chi connectivity index (χ0) is 15.5. The SMILES string of the molecule is O=[N+]([O-])c1ccc(NCC(F)(F)C(F)F)c(C(F)F)c1. The lowest BCUT2D eigenvalue weighted by molar-refractivity contribution is -0.385. The lowest BCUT2D eigenvalue weighted by Crippen LogP contribution is -2.35. The highest BCUT2D eigenvalue weighted by Gasteiger charge is 2.40. The summed E-state index contributed by atoms with van der Waals surface area (Å²) in [5.41, 5.74) is -2.14. The quantitative estimate of drug-likeness (QED) is 0.493. The molecule has 1 aromatic rings. The molecule has 0 aliphatic heterocycles. The van der Waals surface area contributed by atoms with Crippen molar-refractivity contribution in [3.8, 4) is 0 Å². The van der Waals surface area contributed by atoms with Crippen LogP contribution in [-0.4, -0.2) is 23.8 Å². The molecule has 4 nitrogen and oxygen atoms in total. The van der Waals surface area contributed by atoms with Crippen LogP contribution in [0.4, 0.5) is 37.7 Å². The number of nitro groups is 1. The molecule has 0 aliphatic rings. The molecule has 20 heavy (non-hydrogen) atoms. The molecule has 0 heterocycles. The molecule has 0 fully saturated rings. The molecule has 1 rings (SSSR count). The van der Waals surface area contributed by atoms with Gasteiger partial charge in [-0.2, -0.15) is 8.78 Å². The molecule has 10 heteroatoms. The van der Waals surface area contributed by atoms with Crippen LogP contribution in [0.25, 0.3) is 0 Å². The molecule has 0 saturated heterocycles. The number of halogens is 6. The Labute approximate surface area is 108 Å². The predicted molar refractivity (Wildman–Crippen MR) is 57.5 cm³/mol. The van der Waals surface area contributed by atoms with Crippen LogP contribution >= 0.6 is 0 Å². The zero-order valence-electron chi connectivity index (χ0n) is 9.63. The standard InChI is InChI=1S/C10H8F6N2O2/c11-8(12)6-3-5(18(19)20)1-2-7(6)17-4-10(15,16)9(13)14/h1-3,8-9,17H,4H2. The van der Waals surface area contributed by atoms with E-state index in [9.17, 15) is 36.5 Å². The van der Waals surface area contributed by atoms with Crippen molar-refractivity contribution in [1.29, 1.82) is 0 Å². The number of anilines is 1. The highest BCUT2D eigenvalue weighted by Crippen LogP contribution is 2.32. The monoisotopic (exact) mass is 302 g/mol. The van der Waals surface area contributed by atoms with Crippen molar-refractivity contribution in [1.82, 2.24) is 0 Å². The number of alkyl halides is 6. The van der Waals surface area contributed by atoms with Crippen molar-refractivity contribution < 1.29 is 31.3 Å². The van der Waals surface area contributed by atoms with Gasteiger partial charge in [0, 0.05) is 23.4 Å². The molecule has 0 spiro atoms. The lowest BCUT2D eigenvalue weighted by atomic mass is 10.1. The number of hydrogen-bond acceptors (Lipinski definition) is 3. The summed E-state index contributed by atoms with van der Waals surface area (Å²) >= 11 is 0. The molecule has 1 N–H and O–H groups in total. The van der Waals surface area contributed by atoms with Gasteiger partial charge in [-0.15, -0.1) is 0 Å². The van der Waals surface area contributed by atoms with Crippen molar-refractivity contribution in [3.63, 3.8) is 0 Å². The average molecular weight is 302 g/mol. The van der Waals surface area contributed by atoms with Gasteiger partial charge in [-0.05, 0) is 6.07 Å². The van der Waals surface area contributed by atoms with Gasteiger partial charge < -0.3 is 5.32 Å². The Hall–Kier alpha value is -2.00. The van der Waals surface area contributed by atoms with Gasteiger partial charge in [-0.1, -0.05) is 0 Å². The number of rotatable bonds is 6. The third kappa shape index (κ3) is 3.75. The van der Waals surface area contributed by atoms with E-state index in [4.69, 9.17) is 0 Å². The number of hydrogen-bond donors (Lipinski definition) is 1. The summed E-state index contributed by atoms with van der Waals surface area (Å²) in [4.78, 5) is 9.47. The maximum Gasteiger partial charge on any atom is 0.324 e. The van der Waals surface area contributed by atoms with Gasteiger partial charge in [0.05, 0.1) is 11.5 Å². The summed E-state index contributed by atoms with van der Waals surface area (Å²) in [6.07, 6.45) is -7.14. The fourth-order valence-corrected chi connectivity index (χ4v) is 1.30. The number of non-ortho nitro benzene ring substituents is 1. The van der Waals surface area contributed by atoms with E-state index in [2.05, 4.69) is 0 Å². The third-order valence-corrected chi connectivity index (χ3v) is 2.31. The Kier molecular flexibility index (Phi) is 4.79. The van der Waals surface area contributed by atoms with Crippen LogP contribution in [0.1, 0.15) is 12.0 Å². The van der Waals surface area contributed by atoms with Gasteiger partial charge in [0.2, 0.25) is 0 Å². The summed E-state index contributed by atoms with van der Waals surface area (Å²) in [5.74, 6) is -4.40. The molecule has 0 bridgehead atoms. The molecule has 0 saturated carbocycles. The average Bonchev–Trinajstić information content (AvgIpc) is 2.35. The summed E-state index contributed by atoms with van der Waals surface area (Å²) in [7, 11) is 0. The molecule has 0 aromatic heterocycles. The van der Waals surface area contributed by atoms with Crippen molar-refractivity contribution in [2.45, 2.75) is 18.8 Å². The van der Waals surface area contributed by atoms with E-state index in [0.717, 1.165) is 12.1 Å². The molecule has 0 aliphatic carbocycles. The number of nitrogens with one attached hydrogen (secondary N) is 1. The lowest BCUT2D eigenvalue weighted by Gasteiger charge is -2.18. The summed E-state index contributed by atoms with van der Waals surface area (Å²) in [6.45, 7) is -1.57. The second kappa shape index (κ2) is 5.97. The topological polar surface area (TPSA) is 55.2 Å². The summed E-state index contributed by atoms with van der Waals surface area (Å²) in [5, 5.41) is 12.2. The molecule has 1 aromatic carbocycles. The highest BCUT2D eigenvalue weighted by atomic mass is 19.3. The van der Waals surface area contributed by atoms with E-state index in [0.29, 0.717) is 6.07 Å². The Bertz CT molecular complexity index is 495. The number of nitro benzene ring substituents is 1. The van der Waals surface area contributed by atoms with E-state index in [1.165, 1.54) is 0 Å². The van der Waals surface area contributed by atoms with Crippen molar-refractivity contribution >= 4 is 11.4 Å². The molecule has 0 atom stereocenters. The van der Waals surface area contributed by atoms with Gasteiger partial charge in [0.1, 0.15) is 0 Å². The van der Waals surface area contributed by atoms with Crippen LogP contribution in [0.5, 0.6) is 0 Å². The van der Waals surface area contributed by atoms with Crippen LogP contribution < -0.4 is 5.32 Å². The maximum absolute atomic E-state index is 12.7. The minimum atomic E-state index is -4.40. The maximum atomic E-state index is 12.7. The van der Waals surface area contributed by atoms with Gasteiger partial charge in [0.25, 0.3) is 12.1 Å². The zero-order valence-corrected chi connectivity index (χ0v) is 9.63. The molecular formula is C10H8F6N2O2. The smallest absolute Gasteiger partial charge is 0.324 e. The normalized spacial score (nSPS) is 12.0. The number of benzene rings is 1. The van der Waals surface area contributed by atoms with Gasteiger partial charge in [0.15, 0.2) is 0 Å². The Balaban J connectivity index is 2.98. The fourth-order valence-electron chi connectivity index (χ4n) is 1.30. The Morgan fingerprint density at radius 3 is 2.30 bits per heavy atom. The molecule has 0 amide bonds. The largest absolute Gasteiger partial charge is 0.378 e. The van der Waals surface area contributed by atoms with E-state index in [1.54, 1.807) is 5.32 Å². The minimum Gasteiger partial charge on any atom is -0.378 e. The van der Waals surface area contributed by atoms with Crippen LogP contribution in [-0.2, 0) is 0 Å². The second-order valence-electron chi connectivity index (χ2n) is 3.74. The number of nitrogens with zero attached hydrogens (tertiary/aromatic N) is 1. The van der Waals surface area contributed by atoms with Crippen molar-refractivity contribution in [3.05, 3.63) is 33.9 Å². The Morgan fingerprint density at radius 1 is 1.25 bits per heavy atom. The first-order valence-corrected chi connectivity index (χ1v) is 5.11. The first-order chi connectivity index (χ1) is 9.15. The molecule has 112 valence electrons. The van der Waals surface area contributed by atoms with Gasteiger partial charge in [-0.25, -0.2) is 17.6 Å². The van der Waals surface area contributed by atoms with Crippen molar-refractivity contribution in [2.24, 2.45) is 0 Å². The molecule has 0 unspecified atom stereocenters. The van der Waals surface area contributed by atoms with Crippen molar-refractivity contribution in [2.75, 3.05) is 11.9 Å². The summed E-state index contributed by atoms with van der Waals surface area (Å²) < 4.78 is 74.5. The molecule has 0 radical (unpaired) electrons. The van der Waals surface area contributed by atoms with Crippen LogP contribution in [0.15, 0.2) is 18.2 Å². The van der Waals surface area contributed by atoms with E-state index in [-0.39, 0.29) is 0 Å². The van der Waals surface area contributed by atoms with Gasteiger partial charge >= 0.3 is 12.3 Å². The van der Waals surface area contributed by atoms with Crippen LogP contribution in [0, 0.1) is 10.1 Å². The fraction of sp³-hybridized carbons (Fsp3) is 0.400. The highest BCUT2D eigenvalue weighted by molar-refractivity contribution is 5.56. The molecular weight excluding hydrogens is 294 g/mol. The van der Waals surface area contributed by atoms with E-state index >= 15 is 0 Å². The first kappa shape index (κ1) is 16.1. The van der Waals surface area contributed by atoms with Crippen LogP contribution in [0.2, 0.25) is 0 Å². The van der Waals surface area contributed by atoms with E-state index < -0.39 is 47.2 Å². The predicted octanol–water partition coefficient (Wildman–Crippen LogP) is 3.84. The minimum absolute atomic E-state index is 0.494. The first-order valence-electron chi connectivity index (χ1n) is 5.11. The Morgan fingerprint density at radius 2 is 1.85 bits per heavy atom. The summed E-state index contributed by atoms with van der Waals surface area (Å²) in [6, 6.07) is 2.06. The third-order valence-electron chi connectivity index (χ3n) is 2.31.